The molecule has 0 amide bonds. The fraction of sp³-hybridized carbons (Fsp3) is 0.761. The van der Waals surface area contributed by atoms with Gasteiger partial charge in [0.15, 0.2) is 6.10 Å². The summed E-state index contributed by atoms with van der Waals surface area (Å²) in [6.07, 6.45) is 85.8. The van der Waals surface area contributed by atoms with Crippen molar-refractivity contribution in [2.45, 2.75) is 335 Å². The molecule has 0 N–H and O–H groups in total. The number of carbonyl (C=O) groups is 3. The molecule has 0 saturated heterocycles. The highest BCUT2D eigenvalue weighted by Crippen LogP contribution is 2.16. The van der Waals surface area contributed by atoms with Gasteiger partial charge in [0.05, 0.1) is 0 Å². The van der Waals surface area contributed by atoms with Gasteiger partial charge in [-0.2, -0.15) is 0 Å². The Morgan fingerprint density at radius 3 is 0.818 bits per heavy atom. The molecule has 0 aromatic heterocycles. The van der Waals surface area contributed by atoms with Crippen LogP contribution in [0.4, 0.5) is 0 Å². The SMILES string of the molecule is CC/C=C\C/C=C\C/C=C\CCCCCCCCCC(=O)OCC(COC(=O)CCCCCCCCCCCCC/C=C\C/C=C\CCCCCCC)OC(=O)CCCCCCCCCCC/C=C\C/C=C\CCCCC. The second-order valence-corrected chi connectivity index (χ2v) is 22.0. The molecule has 0 rings (SSSR count). The zero-order chi connectivity index (χ0) is 55.7. The minimum absolute atomic E-state index is 0.0812. The highest BCUT2D eigenvalue weighted by Gasteiger charge is 2.19. The van der Waals surface area contributed by atoms with E-state index >= 15 is 0 Å². The van der Waals surface area contributed by atoms with Crippen LogP contribution in [-0.2, 0) is 28.6 Å². The fourth-order valence-electron chi connectivity index (χ4n) is 9.40. The number of allylic oxidation sites excluding steroid dienone is 14. The first-order chi connectivity index (χ1) is 38.0. The molecular formula is C71H124O6. The summed E-state index contributed by atoms with van der Waals surface area (Å²) >= 11 is 0. The first kappa shape index (κ1) is 73.6. The van der Waals surface area contributed by atoms with Crippen LogP contribution in [0.3, 0.4) is 0 Å². The van der Waals surface area contributed by atoms with E-state index in [0.29, 0.717) is 19.3 Å². The molecule has 0 heterocycles. The molecule has 1 unspecified atom stereocenters. The summed E-state index contributed by atoms with van der Waals surface area (Å²) in [6, 6.07) is 0. The molecule has 0 aliphatic heterocycles. The van der Waals surface area contributed by atoms with Crippen LogP contribution < -0.4 is 0 Å². The van der Waals surface area contributed by atoms with Crippen molar-refractivity contribution < 1.29 is 28.6 Å². The van der Waals surface area contributed by atoms with Gasteiger partial charge in [-0.3, -0.25) is 14.4 Å². The average molecular weight is 1070 g/mol. The molecule has 0 bridgehead atoms. The van der Waals surface area contributed by atoms with Gasteiger partial charge >= 0.3 is 17.9 Å². The van der Waals surface area contributed by atoms with Crippen molar-refractivity contribution in [1.29, 1.82) is 0 Å². The number of ether oxygens (including phenoxy) is 3. The van der Waals surface area contributed by atoms with Gasteiger partial charge in [0.2, 0.25) is 0 Å². The molecular weight excluding hydrogens is 949 g/mol. The second kappa shape index (κ2) is 65.1. The van der Waals surface area contributed by atoms with Crippen molar-refractivity contribution in [2.75, 3.05) is 13.2 Å². The van der Waals surface area contributed by atoms with Gasteiger partial charge in [-0.1, -0.05) is 279 Å². The van der Waals surface area contributed by atoms with E-state index in [1.807, 2.05) is 0 Å². The second-order valence-electron chi connectivity index (χ2n) is 22.0. The minimum atomic E-state index is -0.786. The maximum absolute atomic E-state index is 12.9. The van der Waals surface area contributed by atoms with Crippen LogP contribution in [0.25, 0.3) is 0 Å². The molecule has 444 valence electrons. The highest BCUT2D eigenvalue weighted by molar-refractivity contribution is 5.71. The predicted molar refractivity (Wildman–Crippen MR) is 334 cm³/mol. The molecule has 0 radical (unpaired) electrons. The van der Waals surface area contributed by atoms with Gasteiger partial charge in [-0.25, -0.2) is 0 Å². The van der Waals surface area contributed by atoms with Crippen LogP contribution in [-0.4, -0.2) is 37.2 Å². The molecule has 0 spiro atoms. The van der Waals surface area contributed by atoms with Crippen LogP contribution in [0.15, 0.2) is 85.1 Å². The zero-order valence-corrected chi connectivity index (χ0v) is 51.0. The number of hydrogen-bond donors (Lipinski definition) is 0. The Morgan fingerprint density at radius 2 is 0.506 bits per heavy atom. The highest BCUT2D eigenvalue weighted by atomic mass is 16.6. The summed E-state index contributed by atoms with van der Waals surface area (Å²) in [4.78, 5) is 38.4. The first-order valence-corrected chi connectivity index (χ1v) is 33.1. The van der Waals surface area contributed by atoms with E-state index in [-0.39, 0.29) is 31.1 Å². The van der Waals surface area contributed by atoms with Crippen molar-refractivity contribution in [3.8, 4) is 0 Å². The number of carbonyl (C=O) groups excluding carboxylic acids is 3. The standard InChI is InChI=1S/C71H124O6/c1-4-7-10-13-16-19-22-25-28-31-33-34-35-36-38-40-43-46-49-52-55-58-61-64-70(73)76-67-68(66-75-69(72)63-60-57-54-51-48-45-42-39-30-27-24-21-18-15-12-9-6-3)77-71(74)65-62-59-56-53-50-47-44-41-37-32-29-26-23-20-17-14-11-8-5-2/h9,12,17-18,20-22,25-27,29-31,33,68H,4-8,10-11,13-16,19,23-24,28,32,34-67H2,1-3H3/b12-9-,20-17-,21-18-,25-22-,29-26-,30-27-,33-31-. The molecule has 0 aromatic rings. The van der Waals surface area contributed by atoms with Crippen molar-refractivity contribution >= 4 is 17.9 Å². The number of rotatable bonds is 60. The van der Waals surface area contributed by atoms with Gasteiger partial charge in [0.25, 0.3) is 0 Å². The van der Waals surface area contributed by atoms with Crippen LogP contribution in [0, 0.1) is 0 Å². The summed E-state index contributed by atoms with van der Waals surface area (Å²) in [7, 11) is 0. The van der Waals surface area contributed by atoms with Gasteiger partial charge in [-0.05, 0) is 116 Å². The molecule has 0 aromatic carbocycles. The van der Waals surface area contributed by atoms with Crippen LogP contribution in [0.5, 0.6) is 0 Å². The normalized spacial score (nSPS) is 12.6. The number of esters is 3. The van der Waals surface area contributed by atoms with Crippen LogP contribution in [0.2, 0.25) is 0 Å². The quantitative estimate of drug-likeness (QED) is 0.0261. The lowest BCUT2D eigenvalue weighted by molar-refractivity contribution is -0.167. The zero-order valence-electron chi connectivity index (χ0n) is 51.0. The number of hydrogen-bond acceptors (Lipinski definition) is 6. The molecule has 77 heavy (non-hydrogen) atoms. The van der Waals surface area contributed by atoms with E-state index in [4.69, 9.17) is 14.2 Å². The topological polar surface area (TPSA) is 78.9 Å². The van der Waals surface area contributed by atoms with Gasteiger partial charge < -0.3 is 14.2 Å². The molecule has 0 aliphatic carbocycles. The first-order valence-electron chi connectivity index (χ1n) is 33.1. The lowest BCUT2D eigenvalue weighted by Gasteiger charge is -2.18. The van der Waals surface area contributed by atoms with Crippen molar-refractivity contribution in [3.05, 3.63) is 85.1 Å². The van der Waals surface area contributed by atoms with Crippen LogP contribution >= 0.6 is 0 Å². The molecule has 0 fully saturated rings. The van der Waals surface area contributed by atoms with E-state index in [2.05, 4.69) is 106 Å². The third-order valence-electron chi connectivity index (χ3n) is 14.4. The Balaban J connectivity index is 4.37. The summed E-state index contributed by atoms with van der Waals surface area (Å²) in [5.41, 5.74) is 0. The van der Waals surface area contributed by atoms with Gasteiger partial charge in [0.1, 0.15) is 13.2 Å². The summed E-state index contributed by atoms with van der Waals surface area (Å²) in [6.45, 7) is 6.52. The van der Waals surface area contributed by atoms with Gasteiger partial charge in [-0.15, -0.1) is 0 Å². The summed E-state index contributed by atoms with van der Waals surface area (Å²) < 4.78 is 17.0. The smallest absolute Gasteiger partial charge is 0.306 e. The van der Waals surface area contributed by atoms with Crippen molar-refractivity contribution in [1.82, 2.24) is 0 Å². The largest absolute Gasteiger partial charge is 0.462 e. The molecule has 6 heteroatoms. The maximum Gasteiger partial charge on any atom is 0.306 e. The Hall–Kier alpha value is -3.41. The summed E-state index contributed by atoms with van der Waals surface area (Å²) in [5.74, 6) is -0.883. The lowest BCUT2D eigenvalue weighted by Crippen LogP contribution is -2.30. The maximum atomic E-state index is 12.9. The molecule has 0 aliphatic rings. The monoisotopic (exact) mass is 1070 g/mol. The van der Waals surface area contributed by atoms with Gasteiger partial charge in [0, 0.05) is 19.3 Å². The van der Waals surface area contributed by atoms with E-state index < -0.39 is 6.10 Å². The summed E-state index contributed by atoms with van der Waals surface area (Å²) in [5, 5.41) is 0. The van der Waals surface area contributed by atoms with Crippen LogP contribution in [0.1, 0.15) is 329 Å². The van der Waals surface area contributed by atoms with E-state index in [1.165, 1.54) is 193 Å². The predicted octanol–water partition coefficient (Wildman–Crippen LogP) is 22.7. The number of unbranched alkanes of at least 4 members (excludes halogenated alkanes) is 35. The Labute approximate surface area is 477 Å². The average Bonchev–Trinajstić information content (AvgIpc) is 3.43. The third kappa shape index (κ3) is 63.3. The van der Waals surface area contributed by atoms with Crippen molar-refractivity contribution in [2.24, 2.45) is 0 Å². The Kier molecular flexibility index (Phi) is 62.2. The molecule has 0 saturated carbocycles. The minimum Gasteiger partial charge on any atom is -0.462 e. The molecule has 1 atom stereocenters. The Bertz CT molecular complexity index is 1470. The fourth-order valence-corrected chi connectivity index (χ4v) is 9.40. The van der Waals surface area contributed by atoms with E-state index in [9.17, 15) is 14.4 Å². The molecule has 6 nitrogen and oxygen atoms in total. The van der Waals surface area contributed by atoms with E-state index in [0.717, 1.165) is 96.3 Å². The Morgan fingerprint density at radius 1 is 0.273 bits per heavy atom. The third-order valence-corrected chi connectivity index (χ3v) is 14.4. The van der Waals surface area contributed by atoms with E-state index in [1.54, 1.807) is 0 Å². The van der Waals surface area contributed by atoms with Crippen molar-refractivity contribution in [3.63, 3.8) is 0 Å². The lowest BCUT2D eigenvalue weighted by atomic mass is 10.0.